The molecule has 0 aliphatic heterocycles. The monoisotopic (exact) mass is 364 g/mol. The molecule has 0 saturated carbocycles. The molecule has 0 radical (unpaired) electrons. The molecule has 0 atom stereocenters. The van der Waals surface area contributed by atoms with E-state index in [0.29, 0.717) is 17.3 Å². The summed E-state index contributed by atoms with van der Waals surface area (Å²) < 4.78 is 10.6. The van der Waals surface area contributed by atoms with E-state index in [2.05, 4.69) is 52.6 Å². The highest BCUT2D eigenvalue weighted by Gasteiger charge is 2.08. The molecule has 27 heavy (non-hydrogen) atoms. The fourth-order valence-electron chi connectivity index (χ4n) is 2.89. The van der Waals surface area contributed by atoms with Gasteiger partial charge in [-0.25, -0.2) is 9.97 Å². The van der Waals surface area contributed by atoms with Crippen LogP contribution in [0.1, 0.15) is 18.1 Å². The van der Waals surface area contributed by atoms with Crippen LogP contribution in [0, 0.1) is 6.92 Å². The number of nitrogens with zero attached hydrogens (tertiary/aromatic N) is 2. The molecule has 0 bridgehead atoms. The number of nitrogens with one attached hydrogen (secondary N) is 2. The van der Waals surface area contributed by atoms with Gasteiger partial charge in [-0.1, -0.05) is 25.1 Å². The van der Waals surface area contributed by atoms with Crippen LogP contribution in [0.4, 0.5) is 23.0 Å². The molecule has 140 valence electrons. The van der Waals surface area contributed by atoms with Crippen molar-refractivity contribution in [3.05, 3.63) is 59.9 Å². The molecule has 6 heteroatoms. The Hall–Kier alpha value is -3.28. The lowest BCUT2D eigenvalue weighted by molar-refractivity contribution is 0.355. The second-order valence-corrected chi connectivity index (χ2v) is 6.07. The van der Waals surface area contributed by atoms with Crippen LogP contribution in [-0.4, -0.2) is 24.2 Å². The SMILES string of the molecule is CCc1cccc(C)c1Nc1cc(Nc2ccc(OC)c(OC)c2)ncn1. The molecule has 0 aliphatic rings. The number of methoxy groups -OCH3 is 2. The first-order chi connectivity index (χ1) is 13.1. The summed E-state index contributed by atoms with van der Waals surface area (Å²) in [6.07, 6.45) is 2.49. The van der Waals surface area contributed by atoms with E-state index in [4.69, 9.17) is 9.47 Å². The molecule has 0 spiro atoms. The summed E-state index contributed by atoms with van der Waals surface area (Å²) in [5.41, 5.74) is 4.38. The van der Waals surface area contributed by atoms with Crippen molar-refractivity contribution in [1.82, 2.24) is 9.97 Å². The van der Waals surface area contributed by atoms with E-state index in [1.807, 2.05) is 24.3 Å². The first kappa shape index (κ1) is 18.5. The first-order valence-electron chi connectivity index (χ1n) is 8.81. The molecule has 0 aliphatic carbocycles. The Labute approximate surface area is 159 Å². The lowest BCUT2D eigenvalue weighted by atomic mass is 10.1. The van der Waals surface area contributed by atoms with Crippen LogP contribution in [0.2, 0.25) is 0 Å². The number of rotatable bonds is 7. The fraction of sp³-hybridized carbons (Fsp3) is 0.238. The van der Waals surface area contributed by atoms with Crippen molar-refractivity contribution in [1.29, 1.82) is 0 Å². The summed E-state index contributed by atoms with van der Waals surface area (Å²) in [5.74, 6) is 2.76. The van der Waals surface area contributed by atoms with Crippen molar-refractivity contribution >= 4 is 23.0 Å². The average Bonchev–Trinajstić information content (AvgIpc) is 2.69. The molecule has 1 aromatic heterocycles. The number of aromatic nitrogens is 2. The van der Waals surface area contributed by atoms with Gasteiger partial charge in [0.15, 0.2) is 11.5 Å². The third-order valence-corrected chi connectivity index (χ3v) is 4.32. The molecular weight excluding hydrogens is 340 g/mol. The number of benzene rings is 2. The van der Waals surface area contributed by atoms with Gasteiger partial charge in [0.1, 0.15) is 18.0 Å². The zero-order valence-electron chi connectivity index (χ0n) is 16.0. The van der Waals surface area contributed by atoms with Crippen LogP contribution in [0.5, 0.6) is 11.5 Å². The third kappa shape index (κ3) is 4.28. The van der Waals surface area contributed by atoms with Crippen molar-refractivity contribution in [2.45, 2.75) is 20.3 Å². The van der Waals surface area contributed by atoms with Crippen LogP contribution in [0.25, 0.3) is 0 Å². The number of para-hydroxylation sites is 1. The number of hydrogen-bond acceptors (Lipinski definition) is 6. The van der Waals surface area contributed by atoms with Gasteiger partial charge in [0.05, 0.1) is 14.2 Å². The highest BCUT2D eigenvalue weighted by atomic mass is 16.5. The summed E-state index contributed by atoms with van der Waals surface area (Å²) >= 11 is 0. The lowest BCUT2D eigenvalue weighted by Gasteiger charge is -2.14. The van der Waals surface area contributed by atoms with E-state index in [9.17, 15) is 0 Å². The molecule has 0 saturated heterocycles. The van der Waals surface area contributed by atoms with Crippen molar-refractivity contribution in [2.75, 3.05) is 24.9 Å². The second kappa shape index (κ2) is 8.40. The number of hydrogen-bond donors (Lipinski definition) is 2. The minimum absolute atomic E-state index is 0.655. The van der Waals surface area contributed by atoms with Crippen molar-refractivity contribution in [3.8, 4) is 11.5 Å². The Morgan fingerprint density at radius 3 is 2.33 bits per heavy atom. The highest BCUT2D eigenvalue weighted by molar-refractivity contribution is 5.68. The van der Waals surface area contributed by atoms with Gasteiger partial charge < -0.3 is 20.1 Å². The van der Waals surface area contributed by atoms with Crippen LogP contribution in [0.15, 0.2) is 48.8 Å². The smallest absolute Gasteiger partial charge is 0.162 e. The van der Waals surface area contributed by atoms with Gasteiger partial charge in [0.2, 0.25) is 0 Å². The van der Waals surface area contributed by atoms with E-state index in [1.54, 1.807) is 14.2 Å². The van der Waals surface area contributed by atoms with Gasteiger partial charge in [-0.2, -0.15) is 0 Å². The van der Waals surface area contributed by atoms with Crippen molar-refractivity contribution < 1.29 is 9.47 Å². The maximum Gasteiger partial charge on any atom is 0.162 e. The lowest BCUT2D eigenvalue weighted by Crippen LogP contribution is -2.02. The van der Waals surface area contributed by atoms with Crippen LogP contribution in [-0.2, 0) is 6.42 Å². The van der Waals surface area contributed by atoms with Gasteiger partial charge in [-0.3, -0.25) is 0 Å². The largest absolute Gasteiger partial charge is 0.493 e. The van der Waals surface area contributed by atoms with Crippen molar-refractivity contribution in [2.24, 2.45) is 0 Å². The van der Waals surface area contributed by atoms with Crippen LogP contribution >= 0.6 is 0 Å². The third-order valence-electron chi connectivity index (χ3n) is 4.32. The Bertz CT molecular complexity index is 928. The van der Waals surface area contributed by atoms with E-state index < -0.39 is 0 Å². The van der Waals surface area contributed by atoms with E-state index in [0.717, 1.165) is 23.6 Å². The Morgan fingerprint density at radius 1 is 0.889 bits per heavy atom. The normalized spacial score (nSPS) is 10.4. The predicted molar refractivity (Wildman–Crippen MR) is 109 cm³/mol. The van der Waals surface area contributed by atoms with Gasteiger partial charge in [0, 0.05) is 23.5 Å². The summed E-state index contributed by atoms with van der Waals surface area (Å²) in [4.78, 5) is 8.65. The number of aryl methyl sites for hydroxylation is 2. The number of anilines is 4. The first-order valence-corrected chi connectivity index (χ1v) is 8.81. The highest BCUT2D eigenvalue weighted by Crippen LogP contribution is 2.31. The van der Waals surface area contributed by atoms with Crippen LogP contribution < -0.4 is 20.1 Å². The zero-order valence-corrected chi connectivity index (χ0v) is 16.0. The molecule has 3 aromatic rings. The van der Waals surface area contributed by atoms with Crippen LogP contribution in [0.3, 0.4) is 0 Å². The summed E-state index contributed by atoms with van der Waals surface area (Å²) in [7, 11) is 3.23. The average molecular weight is 364 g/mol. The predicted octanol–water partition coefficient (Wildman–Crippen LogP) is 4.85. The Balaban J connectivity index is 1.83. The maximum atomic E-state index is 5.35. The molecule has 6 nitrogen and oxygen atoms in total. The molecule has 2 N–H and O–H groups in total. The molecule has 1 heterocycles. The second-order valence-electron chi connectivity index (χ2n) is 6.07. The minimum Gasteiger partial charge on any atom is -0.493 e. The summed E-state index contributed by atoms with van der Waals surface area (Å²) in [5, 5.41) is 6.70. The molecule has 0 unspecified atom stereocenters. The summed E-state index contributed by atoms with van der Waals surface area (Å²) in [6.45, 7) is 4.23. The zero-order chi connectivity index (χ0) is 19.2. The van der Waals surface area contributed by atoms with E-state index >= 15 is 0 Å². The van der Waals surface area contributed by atoms with E-state index in [1.165, 1.54) is 17.5 Å². The molecular formula is C21H24N4O2. The Kier molecular flexibility index (Phi) is 5.76. The van der Waals surface area contributed by atoms with Crippen molar-refractivity contribution in [3.63, 3.8) is 0 Å². The quantitative estimate of drug-likeness (QED) is 0.624. The maximum absolute atomic E-state index is 5.35. The van der Waals surface area contributed by atoms with Gasteiger partial charge in [-0.15, -0.1) is 0 Å². The van der Waals surface area contributed by atoms with E-state index in [-0.39, 0.29) is 0 Å². The molecule has 0 amide bonds. The standard InChI is InChI=1S/C21H24N4O2/c1-5-15-8-6-7-14(2)21(15)25-20-12-19(22-13-23-20)24-16-9-10-17(26-3)18(11-16)27-4/h6-13H,5H2,1-4H3,(H2,22,23,24,25). The minimum atomic E-state index is 0.655. The van der Waals surface area contributed by atoms with Gasteiger partial charge >= 0.3 is 0 Å². The summed E-state index contributed by atoms with van der Waals surface area (Å²) in [6, 6.07) is 13.8. The fourth-order valence-corrected chi connectivity index (χ4v) is 2.89. The number of ether oxygens (including phenoxy) is 2. The molecule has 2 aromatic carbocycles. The van der Waals surface area contributed by atoms with Gasteiger partial charge in [-0.05, 0) is 36.6 Å². The molecule has 3 rings (SSSR count). The topological polar surface area (TPSA) is 68.3 Å². The Morgan fingerprint density at radius 2 is 1.63 bits per heavy atom. The van der Waals surface area contributed by atoms with Gasteiger partial charge in [0.25, 0.3) is 0 Å². The molecule has 0 fully saturated rings.